The maximum absolute atomic E-state index is 11.2. The zero-order valence-corrected chi connectivity index (χ0v) is 12.5. The lowest BCUT2D eigenvalue weighted by Gasteiger charge is -2.02. The van der Waals surface area contributed by atoms with Crippen molar-refractivity contribution in [1.29, 1.82) is 0 Å². The van der Waals surface area contributed by atoms with Gasteiger partial charge in [0, 0.05) is 11.1 Å². The minimum absolute atomic E-state index is 0.411. The molecule has 0 unspecified atom stereocenters. The molecule has 7 heteroatoms. The van der Waals surface area contributed by atoms with E-state index >= 15 is 0 Å². The van der Waals surface area contributed by atoms with Gasteiger partial charge in [0.2, 0.25) is 11.7 Å². The van der Waals surface area contributed by atoms with Crippen LogP contribution < -0.4 is 10.5 Å². The second kappa shape index (κ2) is 6.27. The molecule has 2 aromatic carbocycles. The molecule has 1 heterocycles. The lowest BCUT2D eigenvalue weighted by Crippen LogP contribution is -2.10. The molecule has 0 radical (unpaired) electrons. The normalized spacial score (nSPS) is 10.5. The van der Waals surface area contributed by atoms with Gasteiger partial charge >= 0.3 is 0 Å². The molecule has 1 amide bonds. The van der Waals surface area contributed by atoms with E-state index in [0.29, 0.717) is 23.5 Å². The van der Waals surface area contributed by atoms with Gasteiger partial charge in [0.25, 0.3) is 0 Å². The van der Waals surface area contributed by atoms with E-state index in [0.717, 1.165) is 11.3 Å². The topological polar surface area (TPSA) is 95.9 Å². The largest absolute Gasteiger partial charge is 0.497 e. The summed E-state index contributed by atoms with van der Waals surface area (Å²) in [6.07, 6.45) is 0. The van der Waals surface area contributed by atoms with Crippen molar-refractivity contribution in [3.8, 4) is 17.1 Å². The van der Waals surface area contributed by atoms with Crippen LogP contribution in [0.4, 0.5) is 0 Å². The van der Waals surface area contributed by atoms with Gasteiger partial charge in [-0.15, -0.1) is 10.2 Å². The highest BCUT2D eigenvalue weighted by Gasteiger charge is 2.09. The van der Waals surface area contributed by atoms with Gasteiger partial charge in [-0.05, 0) is 35.0 Å². The molecule has 0 aliphatic carbocycles. The van der Waals surface area contributed by atoms with E-state index in [2.05, 4.69) is 15.4 Å². The average Bonchev–Trinajstić information content (AvgIpc) is 3.04. The van der Waals surface area contributed by atoms with Crippen molar-refractivity contribution < 1.29 is 9.53 Å². The number of benzene rings is 2. The van der Waals surface area contributed by atoms with Crippen LogP contribution in [0.15, 0.2) is 48.5 Å². The quantitative estimate of drug-likeness (QED) is 0.770. The molecule has 23 heavy (non-hydrogen) atoms. The van der Waals surface area contributed by atoms with Crippen LogP contribution in [0.5, 0.6) is 5.75 Å². The molecule has 0 saturated heterocycles. The van der Waals surface area contributed by atoms with E-state index in [1.54, 1.807) is 31.4 Å². The third kappa shape index (κ3) is 3.34. The first-order valence-corrected chi connectivity index (χ1v) is 6.96. The number of tetrazole rings is 1. The fourth-order valence-corrected chi connectivity index (χ4v) is 2.13. The van der Waals surface area contributed by atoms with E-state index in [1.165, 1.54) is 4.80 Å². The number of hydrogen-bond acceptors (Lipinski definition) is 5. The highest BCUT2D eigenvalue weighted by Crippen LogP contribution is 2.16. The number of hydrogen-bond donors (Lipinski definition) is 1. The molecule has 0 fully saturated rings. The lowest BCUT2D eigenvalue weighted by molar-refractivity contribution is 0.100. The number of methoxy groups -OCH3 is 1. The molecule has 1 aromatic heterocycles. The first-order valence-electron chi connectivity index (χ1n) is 6.96. The Bertz CT molecular complexity index is 826. The van der Waals surface area contributed by atoms with E-state index < -0.39 is 5.91 Å². The van der Waals surface area contributed by atoms with Gasteiger partial charge in [-0.1, -0.05) is 24.3 Å². The number of primary amides is 1. The van der Waals surface area contributed by atoms with Crippen LogP contribution in [0.25, 0.3) is 11.4 Å². The number of carbonyl (C=O) groups is 1. The minimum Gasteiger partial charge on any atom is -0.497 e. The van der Waals surface area contributed by atoms with Crippen LogP contribution >= 0.6 is 0 Å². The van der Waals surface area contributed by atoms with Crippen molar-refractivity contribution in [2.45, 2.75) is 6.54 Å². The molecule has 0 bridgehead atoms. The molecule has 0 saturated carbocycles. The van der Waals surface area contributed by atoms with Gasteiger partial charge in [0.1, 0.15) is 5.75 Å². The van der Waals surface area contributed by atoms with Gasteiger partial charge in [-0.3, -0.25) is 4.79 Å². The van der Waals surface area contributed by atoms with E-state index in [9.17, 15) is 4.79 Å². The molecule has 0 aliphatic rings. The first-order chi connectivity index (χ1) is 11.2. The van der Waals surface area contributed by atoms with E-state index in [1.807, 2.05) is 24.3 Å². The first kappa shape index (κ1) is 14.7. The second-order valence-electron chi connectivity index (χ2n) is 4.94. The number of nitrogens with zero attached hydrogens (tertiary/aromatic N) is 4. The average molecular weight is 309 g/mol. The van der Waals surface area contributed by atoms with E-state index in [-0.39, 0.29) is 0 Å². The van der Waals surface area contributed by atoms with Crippen molar-refractivity contribution in [2.75, 3.05) is 7.11 Å². The van der Waals surface area contributed by atoms with E-state index in [4.69, 9.17) is 10.5 Å². The molecule has 0 aliphatic heterocycles. The van der Waals surface area contributed by atoms with Gasteiger partial charge in [-0.25, -0.2) is 0 Å². The van der Waals surface area contributed by atoms with Crippen molar-refractivity contribution in [1.82, 2.24) is 20.2 Å². The highest BCUT2D eigenvalue weighted by molar-refractivity contribution is 5.93. The van der Waals surface area contributed by atoms with Crippen molar-refractivity contribution in [2.24, 2.45) is 5.73 Å². The minimum atomic E-state index is -0.488. The summed E-state index contributed by atoms with van der Waals surface area (Å²) in [7, 11) is 1.63. The summed E-state index contributed by atoms with van der Waals surface area (Å²) in [5.41, 5.74) is 7.42. The van der Waals surface area contributed by atoms with Crippen LogP contribution in [0.2, 0.25) is 0 Å². The Morgan fingerprint density at radius 3 is 2.70 bits per heavy atom. The number of ether oxygens (including phenoxy) is 1. The Morgan fingerprint density at radius 1 is 1.22 bits per heavy atom. The summed E-state index contributed by atoms with van der Waals surface area (Å²) in [4.78, 5) is 12.7. The summed E-state index contributed by atoms with van der Waals surface area (Å²) >= 11 is 0. The molecule has 0 spiro atoms. The molecule has 3 rings (SSSR count). The number of carbonyl (C=O) groups excluding carboxylic acids is 1. The Balaban J connectivity index is 1.79. The van der Waals surface area contributed by atoms with Crippen molar-refractivity contribution in [3.05, 3.63) is 59.7 Å². The summed E-state index contributed by atoms with van der Waals surface area (Å²) in [6.45, 7) is 0.493. The predicted octanol–water partition coefficient (Wildman–Crippen LogP) is 1.50. The smallest absolute Gasteiger partial charge is 0.248 e. The molecular formula is C16H15N5O2. The Hall–Kier alpha value is -3.22. The molecule has 2 N–H and O–H groups in total. The summed E-state index contributed by atoms with van der Waals surface area (Å²) < 4.78 is 5.12. The standard InChI is InChI=1S/C16H15N5O2/c1-23-14-7-5-11(6-8-14)10-21-19-16(18-20-21)13-4-2-3-12(9-13)15(17)22/h2-9H,10H2,1H3,(H2,17,22). The van der Waals surface area contributed by atoms with Crippen LogP contribution in [0.3, 0.4) is 0 Å². The number of aromatic nitrogens is 4. The molecule has 3 aromatic rings. The Morgan fingerprint density at radius 2 is 2.00 bits per heavy atom. The van der Waals surface area contributed by atoms with Crippen molar-refractivity contribution >= 4 is 5.91 Å². The lowest BCUT2D eigenvalue weighted by atomic mass is 10.1. The second-order valence-corrected chi connectivity index (χ2v) is 4.94. The monoisotopic (exact) mass is 309 g/mol. The Labute approximate surface area is 132 Å². The van der Waals surface area contributed by atoms with Crippen molar-refractivity contribution in [3.63, 3.8) is 0 Å². The fourth-order valence-electron chi connectivity index (χ4n) is 2.13. The number of amides is 1. The summed E-state index contributed by atoms with van der Waals surface area (Å²) in [6, 6.07) is 14.5. The van der Waals surface area contributed by atoms with Crippen LogP contribution in [0.1, 0.15) is 15.9 Å². The zero-order valence-electron chi connectivity index (χ0n) is 12.5. The van der Waals surface area contributed by atoms with Gasteiger partial charge in [0.05, 0.1) is 13.7 Å². The zero-order chi connectivity index (χ0) is 16.2. The third-order valence-corrected chi connectivity index (χ3v) is 3.34. The van der Waals surface area contributed by atoms with Crippen LogP contribution in [-0.4, -0.2) is 33.2 Å². The SMILES string of the molecule is COc1ccc(Cn2nnc(-c3cccc(C(N)=O)c3)n2)cc1. The number of nitrogens with two attached hydrogens (primary N) is 1. The van der Waals surface area contributed by atoms with Crippen LogP contribution in [0, 0.1) is 0 Å². The molecular weight excluding hydrogens is 294 g/mol. The molecule has 0 atom stereocenters. The maximum Gasteiger partial charge on any atom is 0.248 e. The molecule has 116 valence electrons. The maximum atomic E-state index is 11.2. The van der Waals surface area contributed by atoms with Gasteiger partial charge in [0.15, 0.2) is 0 Å². The van der Waals surface area contributed by atoms with Gasteiger partial charge in [-0.2, -0.15) is 4.80 Å². The van der Waals surface area contributed by atoms with Crippen LogP contribution in [-0.2, 0) is 6.54 Å². The fraction of sp³-hybridized carbons (Fsp3) is 0.125. The predicted molar refractivity (Wildman–Crippen MR) is 83.9 cm³/mol. The third-order valence-electron chi connectivity index (χ3n) is 3.34. The molecule has 7 nitrogen and oxygen atoms in total. The summed E-state index contributed by atoms with van der Waals surface area (Å²) in [5.74, 6) is 0.753. The summed E-state index contributed by atoms with van der Waals surface area (Å²) in [5, 5.41) is 12.4. The Kier molecular flexibility index (Phi) is 4.01. The number of rotatable bonds is 5. The van der Waals surface area contributed by atoms with Gasteiger partial charge < -0.3 is 10.5 Å². The highest BCUT2D eigenvalue weighted by atomic mass is 16.5.